The highest BCUT2D eigenvalue weighted by Gasteiger charge is 2.57. The summed E-state index contributed by atoms with van der Waals surface area (Å²) >= 11 is 0. The Labute approximate surface area is 216 Å². The second kappa shape index (κ2) is 8.56. The lowest BCUT2D eigenvalue weighted by atomic mass is 9.60. The summed E-state index contributed by atoms with van der Waals surface area (Å²) in [5, 5.41) is 20.6. The van der Waals surface area contributed by atoms with Gasteiger partial charge in [0.05, 0.1) is 28.4 Å². The van der Waals surface area contributed by atoms with Crippen molar-refractivity contribution in [1.82, 2.24) is 0 Å². The molecule has 10 heteroatoms. The predicted molar refractivity (Wildman–Crippen MR) is 132 cm³/mol. The van der Waals surface area contributed by atoms with Gasteiger partial charge in [-0.15, -0.1) is 0 Å². The number of fused-ring (bicyclic) bond motifs is 3. The number of Topliss-reactive ketones (excluding diaryl/α,β-unsaturated/α-hetero) is 1. The standard InChI is InChI=1S/C28H22N2O8/c1-13-10-21(32)24-20(26(13)33)11-19-17(25(24)22-9-6-16(12-31)38-22)7-8-18-23(19)28(35)29(27(18)34)14-2-4-15(5-3-14)30(36)37/h2-7,9-10,18-19,23,25,31H,8,11-12H2,1H3/t18-,19+,23-,25+/m0/s1. The van der Waals surface area contributed by atoms with Gasteiger partial charge >= 0.3 is 0 Å². The molecule has 0 unspecified atom stereocenters. The molecule has 192 valence electrons. The number of allylic oxidation sites excluding steroid dienone is 6. The number of carbonyl (C=O) groups excluding carboxylic acids is 4. The molecule has 0 radical (unpaired) electrons. The first-order valence-electron chi connectivity index (χ1n) is 12.2. The quantitative estimate of drug-likeness (QED) is 0.215. The average Bonchev–Trinajstić information content (AvgIpc) is 3.48. The Kier molecular flexibility index (Phi) is 5.39. The fourth-order valence-corrected chi connectivity index (χ4v) is 6.32. The van der Waals surface area contributed by atoms with Crippen LogP contribution in [0.15, 0.2) is 75.3 Å². The highest BCUT2D eigenvalue weighted by atomic mass is 16.6. The first-order valence-corrected chi connectivity index (χ1v) is 12.2. The molecule has 0 spiro atoms. The molecule has 2 aromatic rings. The van der Waals surface area contributed by atoms with Crippen molar-refractivity contribution in [3.63, 3.8) is 0 Å². The van der Waals surface area contributed by atoms with Crippen LogP contribution in [0.25, 0.3) is 0 Å². The Morgan fingerprint density at radius 3 is 2.45 bits per heavy atom. The van der Waals surface area contributed by atoms with Crippen LogP contribution in [-0.2, 0) is 25.8 Å². The summed E-state index contributed by atoms with van der Waals surface area (Å²) in [4.78, 5) is 65.2. The zero-order valence-corrected chi connectivity index (χ0v) is 20.2. The van der Waals surface area contributed by atoms with Gasteiger partial charge in [-0.1, -0.05) is 11.6 Å². The minimum atomic E-state index is -0.768. The van der Waals surface area contributed by atoms with Crippen LogP contribution >= 0.6 is 0 Å². The number of anilines is 1. The molecule has 2 heterocycles. The summed E-state index contributed by atoms with van der Waals surface area (Å²) in [7, 11) is 0. The van der Waals surface area contributed by atoms with E-state index in [-0.39, 0.29) is 42.4 Å². The van der Waals surface area contributed by atoms with Crippen LogP contribution in [0.3, 0.4) is 0 Å². The lowest BCUT2D eigenvalue weighted by molar-refractivity contribution is -0.384. The zero-order chi connectivity index (χ0) is 26.9. The molecule has 10 nitrogen and oxygen atoms in total. The molecule has 4 atom stereocenters. The summed E-state index contributed by atoms with van der Waals surface area (Å²) in [6, 6.07) is 8.49. The molecule has 38 heavy (non-hydrogen) atoms. The maximum absolute atomic E-state index is 13.8. The number of aliphatic hydroxyl groups is 1. The van der Waals surface area contributed by atoms with E-state index in [0.717, 1.165) is 10.5 Å². The number of aliphatic hydroxyl groups excluding tert-OH is 1. The summed E-state index contributed by atoms with van der Waals surface area (Å²) in [5.41, 5.74) is 1.76. The van der Waals surface area contributed by atoms with Gasteiger partial charge in [-0.3, -0.25) is 34.2 Å². The molecule has 3 aliphatic carbocycles. The number of hydrogen-bond donors (Lipinski definition) is 1. The minimum absolute atomic E-state index is 0.134. The Balaban J connectivity index is 1.44. The topological polar surface area (TPSA) is 148 Å². The smallest absolute Gasteiger partial charge is 0.269 e. The Morgan fingerprint density at radius 2 is 1.79 bits per heavy atom. The van der Waals surface area contributed by atoms with Gasteiger partial charge in [-0.05, 0) is 56.0 Å². The van der Waals surface area contributed by atoms with Crippen molar-refractivity contribution in [2.24, 2.45) is 17.8 Å². The number of benzene rings is 1. The number of nitro benzene ring substituents is 1. The number of hydrogen-bond acceptors (Lipinski definition) is 8. The first-order chi connectivity index (χ1) is 18.2. The summed E-state index contributed by atoms with van der Waals surface area (Å²) in [6.45, 7) is 1.24. The van der Waals surface area contributed by atoms with Crippen LogP contribution in [0.2, 0.25) is 0 Å². The predicted octanol–water partition coefficient (Wildman–Crippen LogP) is 3.31. The molecule has 1 fully saturated rings. The van der Waals surface area contributed by atoms with Crippen molar-refractivity contribution in [2.45, 2.75) is 32.3 Å². The van der Waals surface area contributed by atoms with E-state index in [1.165, 1.54) is 30.3 Å². The molecule has 4 aliphatic rings. The van der Waals surface area contributed by atoms with Gasteiger partial charge < -0.3 is 9.52 Å². The van der Waals surface area contributed by atoms with Crippen LogP contribution in [0.4, 0.5) is 11.4 Å². The molecule has 0 bridgehead atoms. The average molecular weight is 514 g/mol. The number of imide groups is 1. The summed E-state index contributed by atoms with van der Waals surface area (Å²) in [6.07, 6.45) is 3.58. The fraction of sp³-hybridized carbons (Fsp3) is 0.286. The molecule has 6 rings (SSSR count). The maximum Gasteiger partial charge on any atom is 0.269 e. The molecular formula is C28H22N2O8. The van der Waals surface area contributed by atoms with Gasteiger partial charge in [0.25, 0.3) is 5.69 Å². The third kappa shape index (κ3) is 3.37. The van der Waals surface area contributed by atoms with Gasteiger partial charge in [-0.25, -0.2) is 0 Å². The van der Waals surface area contributed by atoms with E-state index in [4.69, 9.17) is 4.42 Å². The van der Waals surface area contributed by atoms with E-state index in [1.807, 2.05) is 6.08 Å². The number of non-ortho nitro benzene ring substituents is 1. The molecular weight excluding hydrogens is 492 g/mol. The van der Waals surface area contributed by atoms with Gasteiger partial charge in [0.2, 0.25) is 11.8 Å². The Bertz CT molecular complexity index is 1540. The number of carbonyl (C=O) groups is 4. The van der Waals surface area contributed by atoms with E-state index in [1.54, 1.807) is 19.1 Å². The van der Waals surface area contributed by atoms with Crippen molar-refractivity contribution in [3.05, 3.63) is 92.5 Å². The Morgan fingerprint density at radius 1 is 1.05 bits per heavy atom. The van der Waals surface area contributed by atoms with E-state index >= 15 is 0 Å². The van der Waals surface area contributed by atoms with E-state index in [2.05, 4.69) is 0 Å². The van der Waals surface area contributed by atoms with Crippen molar-refractivity contribution in [3.8, 4) is 0 Å². The van der Waals surface area contributed by atoms with Gasteiger partial charge in [0.15, 0.2) is 11.6 Å². The monoisotopic (exact) mass is 514 g/mol. The number of ketones is 2. The molecule has 1 aliphatic heterocycles. The number of amides is 2. The number of furan rings is 1. The van der Waals surface area contributed by atoms with E-state index in [0.29, 0.717) is 28.2 Å². The highest BCUT2D eigenvalue weighted by Crippen LogP contribution is 2.55. The van der Waals surface area contributed by atoms with Crippen LogP contribution < -0.4 is 4.90 Å². The minimum Gasteiger partial charge on any atom is -0.463 e. The van der Waals surface area contributed by atoms with E-state index in [9.17, 15) is 34.4 Å². The molecule has 1 saturated heterocycles. The second-order valence-corrected chi connectivity index (χ2v) is 9.98. The first kappa shape index (κ1) is 23.9. The SMILES string of the molecule is CC1=CC(=O)C2=C(C[C@@H]3C(=CC[C@@H]4C(=O)N(c5ccc([N+](=O)[O-])cc5)C(=O)[C@@H]43)[C@@H]2c2ccc(CO)o2)C1=O. The zero-order valence-electron chi connectivity index (χ0n) is 20.2. The van der Waals surface area contributed by atoms with Gasteiger partial charge in [0, 0.05) is 28.9 Å². The molecule has 1 N–H and O–H groups in total. The Hall–Kier alpha value is -4.44. The maximum atomic E-state index is 13.8. The van der Waals surface area contributed by atoms with Gasteiger partial charge in [0.1, 0.15) is 18.1 Å². The van der Waals surface area contributed by atoms with Crippen LogP contribution in [-0.4, -0.2) is 33.4 Å². The number of rotatable bonds is 4. The van der Waals surface area contributed by atoms with Crippen molar-refractivity contribution < 1.29 is 33.6 Å². The van der Waals surface area contributed by atoms with Crippen LogP contribution in [0.1, 0.15) is 37.2 Å². The lowest BCUT2D eigenvalue weighted by Gasteiger charge is -2.41. The summed E-state index contributed by atoms with van der Waals surface area (Å²) < 4.78 is 5.83. The summed E-state index contributed by atoms with van der Waals surface area (Å²) in [5.74, 6) is -3.40. The molecule has 0 saturated carbocycles. The normalized spacial score (nSPS) is 26.6. The van der Waals surface area contributed by atoms with E-state index < -0.39 is 40.4 Å². The molecule has 1 aromatic carbocycles. The van der Waals surface area contributed by atoms with Crippen LogP contribution in [0.5, 0.6) is 0 Å². The van der Waals surface area contributed by atoms with Crippen LogP contribution in [0, 0.1) is 27.9 Å². The van der Waals surface area contributed by atoms with Crippen molar-refractivity contribution in [1.29, 1.82) is 0 Å². The third-order valence-corrected chi connectivity index (χ3v) is 8.00. The lowest BCUT2D eigenvalue weighted by Crippen LogP contribution is -2.39. The highest BCUT2D eigenvalue weighted by molar-refractivity contribution is 6.25. The second-order valence-electron chi connectivity index (χ2n) is 9.98. The largest absolute Gasteiger partial charge is 0.463 e. The fourth-order valence-electron chi connectivity index (χ4n) is 6.32. The third-order valence-electron chi connectivity index (χ3n) is 8.00. The number of nitro groups is 1. The van der Waals surface area contributed by atoms with Crippen molar-refractivity contribution >= 4 is 34.8 Å². The number of nitrogens with zero attached hydrogens (tertiary/aromatic N) is 2. The molecule has 2 amide bonds. The van der Waals surface area contributed by atoms with Gasteiger partial charge in [-0.2, -0.15) is 0 Å². The van der Waals surface area contributed by atoms with Crippen molar-refractivity contribution in [2.75, 3.05) is 4.90 Å². The molecule has 1 aromatic heterocycles.